The van der Waals surface area contributed by atoms with Crippen molar-refractivity contribution in [1.82, 2.24) is 29.9 Å². The maximum Gasteiger partial charge on any atom is 0.411 e. The summed E-state index contributed by atoms with van der Waals surface area (Å²) in [5.74, 6) is -0.508. The molecule has 5 aromatic rings. The minimum atomic E-state index is -0.746. The summed E-state index contributed by atoms with van der Waals surface area (Å²) in [5, 5.41) is 3.07. The largest absolute Gasteiger partial charge is 0.480 e. The number of nitrogens with one attached hydrogen (secondary N) is 1. The third-order valence-electron chi connectivity index (χ3n) is 5.13. The SMILES string of the molecule is COc1cnc2c(-c3nc4cc(F)c(OCCOC(=O)Nc5cnc(OC)nc5)nc4s3)cc(C)cc2n1. The Kier molecular flexibility index (Phi) is 7.04. The number of aromatic nitrogens is 6. The number of methoxy groups -OCH3 is 2. The van der Waals surface area contributed by atoms with Gasteiger partial charge in [-0.25, -0.2) is 34.1 Å². The molecule has 12 nitrogen and oxygen atoms in total. The summed E-state index contributed by atoms with van der Waals surface area (Å²) in [6.45, 7) is 1.68. The second-order valence-corrected chi connectivity index (χ2v) is 8.76. The molecule has 0 aliphatic carbocycles. The highest BCUT2D eigenvalue weighted by atomic mass is 32.1. The summed E-state index contributed by atoms with van der Waals surface area (Å²) >= 11 is 1.27. The van der Waals surface area contributed by atoms with Gasteiger partial charge in [-0.2, -0.15) is 4.98 Å². The van der Waals surface area contributed by atoms with Crippen LogP contribution in [0.15, 0.2) is 36.8 Å². The van der Waals surface area contributed by atoms with Crippen LogP contribution in [-0.4, -0.2) is 63.4 Å². The molecule has 14 heteroatoms. The van der Waals surface area contributed by atoms with E-state index in [1.165, 1.54) is 50.2 Å². The number of hydrogen-bond donors (Lipinski definition) is 1. The number of halogens is 1. The minimum absolute atomic E-state index is 0.117. The molecule has 4 heterocycles. The molecule has 0 aliphatic heterocycles. The number of anilines is 1. The predicted molar refractivity (Wildman–Crippen MR) is 136 cm³/mol. The van der Waals surface area contributed by atoms with E-state index < -0.39 is 11.9 Å². The summed E-state index contributed by atoms with van der Waals surface area (Å²) in [6, 6.07) is 5.26. The van der Waals surface area contributed by atoms with Crippen LogP contribution in [0, 0.1) is 12.7 Å². The van der Waals surface area contributed by atoms with Gasteiger partial charge in [-0.1, -0.05) is 11.3 Å². The third-order valence-corrected chi connectivity index (χ3v) is 6.12. The molecule has 1 N–H and O–H groups in total. The van der Waals surface area contributed by atoms with E-state index >= 15 is 0 Å². The van der Waals surface area contributed by atoms with Gasteiger partial charge in [0.25, 0.3) is 5.88 Å². The lowest BCUT2D eigenvalue weighted by Gasteiger charge is -2.08. The van der Waals surface area contributed by atoms with E-state index in [4.69, 9.17) is 18.9 Å². The van der Waals surface area contributed by atoms with Crippen LogP contribution in [0.1, 0.15) is 5.56 Å². The van der Waals surface area contributed by atoms with Crippen molar-refractivity contribution in [2.45, 2.75) is 6.92 Å². The van der Waals surface area contributed by atoms with Crippen LogP contribution in [-0.2, 0) is 4.74 Å². The van der Waals surface area contributed by atoms with Gasteiger partial charge in [0.05, 0.1) is 49.5 Å². The van der Waals surface area contributed by atoms with Crippen LogP contribution in [0.25, 0.3) is 32.0 Å². The summed E-state index contributed by atoms with van der Waals surface area (Å²) in [7, 11) is 2.96. The van der Waals surface area contributed by atoms with Gasteiger partial charge < -0.3 is 18.9 Å². The van der Waals surface area contributed by atoms with E-state index in [9.17, 15) is 9.18 Å². The van der Waals surface area contributed by atoms with Gasteiger partial charge in [-0.05, 0) is 24.6 Å². The van der Waals surface area contributed by atoms with Gasteiger partial charge in [-0.15, -0.1) is 0 Å². The summed E-state index contributed by atoms with van der Waals surface area (Å²) in [5.41, 5.74) is 3.71. The Labute approximate surface area is 218 Å². The van der Waals surface area contributed by atoms with Gasteiger partial charge in [-0.3, -0.25) is 5.32 Å². The molecular weight excluding hydrogens is 517 g/mol. The maximum absolute atomic E-state index is 14.7. The number of carbonyl (C=O) groups is 1. The summed E-state index contributed by atoms with van der Waals surface area (Å²) in [4.78, 5) is 37.9. The average Bonchev–Trinajstić information content (AvgIpc) is 3.33. The molecule has 0 spiro atoms. The second kappa shape index (κ2) is 10.7. The summed E-state index contributed by atoms with van der Waals surface area (Å²) in [6.07, 6.45) is 3.52. The first-order chi connectivity index (χ1) is 18.4. The molecule has 0 saturated carbocycles. The topological polar surface area (TPSA) is 143 Å². The van der Waals surface area contributed by atoms with Gasteiger partial charge >= 0.3 is 12.1 Å². The monoisotopic (exact) mass is 537 g/mol. The number of thiazole rings is 1. The molecule has 1 amide bonds. The van der Waals surface area contributed by atoms with Crippen LogP contribution in [0.2, 0.25) is 0 Å². The zero-order valence-electron chi connectivity index (χ0n) is 20.4. The minimum Gasteiger partial charge on any atom is -0.480 e. The molecule has 0 radical (unpaired) electrons. The van der Waals surface area contributed by atoms with Crippen LogP contribution in [0.5, 0.6) is 17.8 Å². The molecule has 38 heavy (non-hydrogen) atoms. The summed E-state index contributed by atoms with van der Waals surface area (Å²) < 4.78 is 35.1. The van der Waals surface area contributed by atoms with Crippen molar-refractivity contribution in [3.8, 4) is 28.3 Å². The molecule has 0 atom stereocenters. The number of aryl methyl sites for hydroxylation is 1. The number of rotatable bonds is 8. The van der Waals surface area contributed by atoms with Crippen LogP contribution in [0.3, 0.4) is 0 Å². The first kappa shape index (κ1) is 25.0. The fourth-order valence-electron chi connectivity index (χ4n) is 3.46. The van der Waals surface area contributed by atoms with Crippen LogP contribution < -0.4 is 19.5 Å². The molecule has 0 unspecified atom stereocenters. The number of ether oxygens (including phenoxy) is 4. The van der Waals surface area contributed by atoms with Crippen molar-refractivity contribution in [3.05, 3.63) is 48.2 Å². The highest BCUT2D eigenvalue weighted by Gasteiger charge is 2.17. The number of amides is 1. The van der Waals surface area contributed by atoms with E-state index in [0.717, 1.165) is 11.1 Å². The van der Waals surface area contributed by atoms with Gasteiger partial charge in [0.15, 0.2) is 5.82 Å². The average molecular weight is 538 g/mol. The van der Waals surface area contributed by atoms with Crippen molar-refractivity contribution >= 4 is 44.5 Å². The Bertz CT molecular complexity index is 1630. The third kappa shape index (κ3) is 5.34. The van der Waals surface area contributed by atoms with Crippen molar-refractivity contribution < 1.29 is 28.1 Å². The Balaban J connectivity index is 1.27. The Morgan fingerprint density at radius 2 is 1.79 bits per heavy atom. The Morgan fingerprint density at radius 3 is 2.55 bits per heavy atom. The first-order valence-electron chi connectivity index (χ1n) is 11.1. The zero-order valence-corrected chi connectivity index (χ0v) is 21.2. The predicted octanol–water partition coefficient (Wildman–Crippen LogP) is 4.18. The lowest BCUT2D eigenvalue weighted by Crippen LogP contribution is -2.18. The lowest BCUT2D eigenvalue weighted by molar-refractivity contribution is 0.135. The van der Waals surface area contributed by atoms with Gasteiger partial charge in [0.2, 0.25) is 5.88 Å². The van der Waals surface area contributed by atoms with Crippen molar-refractivity contribution in [2.24, 2.45) is 0 Å². The van der Waals surface area contributed by atoms with Crippen molar-refractivity contribution in [3.63, 3.8) is 0 Å². The molecule has 194 valence electrons. The number of benzene rings is 1. The quantitative estimate of drug-likeness (QED) is 0.285. The zero-order chi connectivity index (χ0) is 26.6. The highest BCUT2D eigenvalue weighted by molar-refractivity contribution is 7.21. The van der Waals surface area contributed by atoms with E-state index in [2.05, 4.69) is 35.2 Å². The Morgan fingerprint density at radius 1 is 0.974 bits per heavy atom. The molecule has 0 fully saturated rings. The van der Waals surface area contributed by atoms with E-state index in [-0.39, 0.29) is 25.1 Å². The standard InChI is InChI=1S/C24H20FN7O5S/c1-12-6-14(19-16(7-12)30-18(34-2)11-26-19)21-31-17-8-15(25)20(32-22(17)38-21)36-4-5-37-24(33)29-13-9-27-23(35-3)28-10-13/h6-11H,4-5H2,1-3H3,(H,29,33). The Hall–Kier alpha value is -4.72. The van der Waals surface area contributed by atoms with Crippen molar-refractivity contribution in [2.75, 3.05) is 32.8 Å². The molecule has 0 aliphatic rings. The molecule has 1 aromatic carbocycles. The second-order valence-electron chi connectivity index (χ2n) is 7.78. The first-order valence-corrected chi connectivity index (χ1v) is 12.0. The highest BCUT2D eigenvalue weighted by Crippen LogP contribution is 2.35. The fraction of sp³-hybridized carbons (Fsp3) is 0.208. The number of carbonyl (C=O) groups excluding carboxylic acids is 1. The smallest absolute Gasteiger partial charge is 0.411 e. The molecule has 0 saturated heterocycles. The fourth-order valence-corrected chi connectivity index (χ4v) is 4.39. The molecule has 5 rings (SSSR count). The van der Waals surface area contributed by atoms with E-state index in [1.54, 1.807) is 0 Å². The van der Waals surface area contributed by atoms with Gasteiger partial charge in [0, 0.05) is 11.6 Å². The number of nitrogens with zero attached hydrogens (tertiary/aromatic N) is 6. The normalized spacial score (nSPS) is 10.9. The van der Waals surface area contributed by atoms with Crippen molar-refractivity contribution in [1.29, 1.82) is 0 Å². The number of fused-ring (bicyclic) bond motifs is 2. The number of pyridine rings is 1. The van der Waals surface area contributed by atoms with Crippen LogP contribution in [0.4, 0.5) is 14.9 Å². The number of hydrogen-bond acceptors (Lipinski definition) is 12. The maximum atomic E-state index is 14.7. The van der Waals surface area contributed by atoms with E-state index in [1.807, 2.05) is 19.1 Å². The van der Waals surface area contributed by atoms with E-state index in [0.29, 0.717) is 38.0 Å². The van der Waals surface area contributed by atoms with Gasteiger partial charge in [0.1, 0.15) is 28.6 Å². The molecule has 4 aromatic heterocycles. The molecular formula is C24H20FN7O5S. The lowest BCUT2D eigenvalue weighted by atomic mass is 10.1. The molecule has 0 bridgehead atoms. The van der Waals surface area contributed by atoms with Crippen LogP contribution >= 0.6 is 11.3 Å².